The van der Waals surface area contributed by atoms with E-state index in [0.29, 0.717) is 0 Å². The lowest BCUT2D eigenvalue weighted by atomic mass is 10.3. The van der Waals surface area contributed by atoms with E-state index in [2.05, 4.69) is 15.9 Å². The lowest BCUT2D eigenvalue weighted by molar-refractivity contribution is 0.463. The van der Waals surface area contributed by atoms with Gasteiger partial charge in [0.15, 0.2) is 5.25 Å². The summed E-state index contributed by atoms with van der Waals surface area (Å²) >= 11 is 4.81. The van der Waals surface area contributed by atoms with Crippen LogP contribution in [0.1, 0.15) is 12.5 Å². The van der Waals surface area contributed by atoms with Gasteiger partial charge in [0.05, 0.1) is 9.86 Å². The molecule has 0 saturated heterocycles. The van der Waals surface area contributed by atoms with Gasteiger partial charge in [-0.05, 0) is 39.9 Å². The quantitative estimate of drug-likeness (QED) is 0.853. The van der Waals surface area contributed by atoms with Crippen LogP contribution in [0.3, 0.4) is 0 Å². The molecule has 0 fully saturated rings. The number of hydrogen-bond acceptors (Lipinski definition) is 4. The zero-order chi connectivity index (χ0) is 12.3. The van der Waals surface area contributed by atoms with Crippen molar-refractivity contribution in [1.29, 1.82) is 5.26 Å². The molecule has 0 bridgehead atoms. The minimum Gasteiger partial charge on any atom is -0.211 e. The molecule has 16 heavy (non-hydrogen) atoms. The first-order valence-corrected chi connectivity index (χ1v) is 7.63. The summed E-state index contributed by atoms with van der Waals surface area (Å²) < 4.78 is 25.7. The van der Waals surface area contributed by atoms with Gasteiger partial charge in [-0.3, -0.25) is 0 Å². The second-order valence-corrected chi connectivity index (χ2v) is 7.98. The van der Waals surface area contributed by atoms with E-state index in [0.717, 1.165) is 9.35 Å². The van der Waals surface area contributed by atoms with Crippen LogP contribution in [-0.2, 0) is 16.6 Å². The van der Waals surface area contributed by atoms with Gasteiger partial charge in [-0.25, -0.2) is 8.42 Å². The molecule has 1 unspecified atom stereocenters. The predicted molar refractivity (Wildman–Crippen MR) is 67.5 cm³/mol. The number of hydrogen-bond donors (Lipinski definition) is 0. The smallest absolute Gasteiger partial charge is 0.211 e. The monoisotopic (exact) mass is 322 g/mol. The van der Waals surface area contributed by atoms with E-state index in [-0.39, 0.29) is 6.54 Å². The molecule has 1 atom stereocenters. The molecule has 7 heteroatoms. The van der Waals surface area contributed by atoms with Gasteiger partial charge in [-0.2, -0.15) is 9.57 Å². The molecule has 0 spiro atoms. The topological polar surface area (TPSA) is 61.2 Å². The maximum absolute atomic E-state index is 11.8. The molecule has 0 radical (unpaired) electrons. The van der Waals surface area contributed by atoms with Crippen LogP contribution in [0, 0.1) is 11.3 Å². The highest BCUT2D eigenvalue weighted by Crippen LogP contribution is 2.22. The van der Waals surface area contributed by atoms with Gasteiger partial charge in [-0.15, -0.1) is 11.3 Å². The molecule has 88 valence electrons. The fraction of sp³-hybridized carbons (Fsp3) is 0.444. The summed E-state index contributed by atoms with van der Waals surface area (Å²) in [6, 6.07) is 3.61. The molecule has 1 aromatic heterocycles. The highest BCUT2D eigenvalue weighted by atomic mass is 79.9. The Morgan fingerprint density at radius 1 is 1.69 bits per heavy atom. The van der Waals surface area contributed by atoms with Crippen molar-refractivity contribution in [1.82, 2.24) is 4.31 Å². The summed E-state index contributed by atoms with van der Waals surface area (Å²) in [6.45, 7) is 1.67. The molecular weight excluding hydrogens is 312 g/mol. The lowest BCUT2D eigenvalue weighted by Crippen LogP contribution is -2.33. The van der Waals surface area contributed by atoms with E-state index in [9.17, 15) is 8.42 Å². The molecule has 0 aliphatic heterocycles. The fourth-order valence-corrected chi connectivity index (χ4v) is 3.31. The van der Waals surface area contributed by atoms with Crippen LogP contribution < -0.4 is 0 Å². The zero-order valence-corrected chi connectivity index (χ0v) is 12.1. The van der Waals surface area contributed by atoms with Crippen LogP contribution in [0.2, 0.25) is 0 Å². The highest BCUT2D eigenvalue weighted by Gasteiger charge is 2.25. The van der Waals surface area contributed by atoms with E-state index in [1.807, 2.05) is 11.4 Å². The number of sulfonamides is 1. The van der Waals surface area contributed by atoms with Crippen molar-refractivity contribution in [2.45, 2.75) is 18.7 Å². The third-order valence-corrected chi connectivity index (χ3v) is 5.64. The van der Waals surface area contributed by atoms with Crippen LogP contribution in [0.15, 0.2) is 15.2 Å². The van der Waals surface area contributed by atoms with Crippen LogP contribution in [0.4, 0.5) is 0 Å². The summed E-state index contributed by atoms with van der Waals surface area (Å²) in [7, 11) is -2.04. The SMILES string of the molecule is CC(C#N)S(=O)(=O)N(C)Cc1csc(Br)c1. The zero-order valence-electron chi connectivity index (χ0n) is 8.84. The first-order valence-electron chi connectivity index (χ1n) is 4.45. The lowest BCUT2D eigenvalue weighted by Gasteiger charge is -2.17. The molecule has 0 N–H and O–H groups in total. The van der Waals surface area contributed by atoms with E-state index < -0.39 is 15.3 Å². The molecule has 4 nitrogen and oxygen atoms in total. The second kappa shape index (κ2) is 5.27. The van der Waals surface area contributed by atoms with Gasteiger partial charge in [0.2, 0.25) is 10.0 Å². The molecule has 0 amide bonds. The molecule has 0 aliphatic rings. The van der Waals surface area contributed by atoms with E-state index >= 15 is 0 Å². The molecule has 1 rings (SSSR count). The molecule has 0 aromatic carbocycles. The van der Waals surface area contributed by atoms with Crippen LogP contribution >= 0.6 is 27.3 Å². The van der Waals surface area contributed by atoms with Crippen molar-refractivity contribution < 1.29 is 8.42 Å². The van der Waals surface area contributed by atoms with Crippen LogP contribution in [0.5, 0.6) is 0 Å². The fourth-order valence-electron chi connectivity index (χ4n) is 1.11. The maximum atomic E-state index is 11.8. The van der Waals surface area contributed by atoms with Gasteiger partial charge in [-0.1, -0.05) is 0 Å². The minimum absolute atomic E-state index is 0.288. The van der Waals surface area contributed by atoms with Crippen molar-refractivity contribution >= 4 is 37.3 Å². The van der Waals surface area contributed by atoms with Crippen molar-refractivity contribution in [2.75, 3.05) is 7.05 Å². The van der Waals surface area contributed by atoms with Crippen molar-refractivity contribution in [3.63, 3.8) is 0 Å². The van der Waals surface area contributed by atoms with Crippen LogP contribution in [-0.4, -0.2) is 25.0 Å². The summed E-state index contributed by atoms with van der Waals surface area (Å²) in [5.74, 6) is 0. The van der Waals surface area contributed by atoms with Crippen molar-refractivity contribution in [3.8, 4) is 6.07 Å². The summed E-state index contributed by atoms with van der Waals surface area (Å²) in [5.41, 5.74) is 0.910. The third-order valence-electron chi connectivity index (χ3n) is 2.09. The average molecular weight is 323 g/mol. The summed E-state index contributed by atoms with van der Waals surface area (Å²) in [6.07, 6.45) is 0. The normalized spacial score (nSPS) is 13.7. The second-order valence-electron chi connectivity index (χ2n) is 3.33. The van der Waals surface area contributed by atoms with Gasteiger partial charge >= 0.3 is 0 Å². The number of halogens is 1. The first kappa shape index (κ1) is 13.6. The average Bonchev–Trinajstić information content (AvgIpc) is 2.62. The highest BCUT2D eigenvalue weighted by molar-refractivity contribution is 9.11. The molecule has 0 aliphatic carbocycles. The number of thiophene rings is 1. The van der Waals surface area contributed by atoms with Gasteiger partial charge in [0.1, 0.15) is 0 Å². The number of nitriles is 1. The van der Waals surface area contributed by atoms with Crippen molar-refractivity contribution in [2.24, 2.45) is 0 Å². The Hall–Kier alpha value is -0.420. The largest absolute Gasteiger partial charge is 0.230 e. The van der Waals surface area contributed by atoms with Crippen molar-refractivity contribution in [3.05, 3.63) is 20.8 Å². The Morgan fingerprint density at radius 2 is 2.31 bits per heavy atom. The van der Waals surface area contributed by atoms with Gasteiger partial charge < -0.3 is 0 Å². The molecule has 1 heterocycles. The third kappa shape index (κ3) is 3.04. The Bertz CT molecular complexity index is 504. The van der Waals surface area contributed by atoms with E-state index in [1.165, 1.54) is 29.6 Å². The Morgan fingerprint density at radius 3 is 2.75 bits per heavy atom. The maximum Gasteiger partial charge on any atom is 0.230 e. The van der Waals surface area contributed by atoms with Gasteiger partial charge in [0, 0.05) is 13.6 Å². The Balaban J connectivity index is 2.81. The predicted octanol–water partition coefficient (Wildman–Crippen LogP) is 2.18. The Labute approximate surface area is 108 Å². The van der Waals surface area contributed by atoms with E-state index in [4.69, 9.17) is 5.26 Å². The molecular formula is C9H11BrN2O2S2. The van der Waals surface area contributed by atoms with Gasteiger partial charge in [0.25, 0.3) is 0 Å². The number of rotatable bonds is 4. The van der Waals surface area contributed by atoms with E-state index in [1.54, 1.807) is 6.07 Å². The standard InChI is InChI=1S/C9H11BrN2O2S2/c1-7(4-11)16(13,14)12(2)5-8-3-9(10)15-6-8/h3,6-7H,5H2,1-2H3. The van der Waals surface area contributed by atoms with Crippen LogP contribution in [0.25, 0.3) is 0 Å². The summed E-state index contributed by atoms with van der Waals surface area (Å²) in [4.78, 5) is 0. The Kier molecular flexibility index (Phi) is 4.50. The number of nitrogens with zero attached hydrogens (tertiary/aromatic N) is 2. The summed E-state index contributed by atoms with van der Waals surface area (Å²) in [5, 5.41) is 9.50. The minimum atomic E-state index is -3.52. The molecule has 0 saturated carbocycles. The molecule has 1 aromatic rings. The first-order chi connectivity index (χ1) is 7.37.